The van der Waals surface area contributed by atoms with E-state index in [9.17, 15) is 4.57 Å². The molecule has 2 rings (SSSR count). The molecule has 0 aliphatic carbocycles. The first-order chi connectivity index (χ1) is 11.6. The van der Waals surface area contributed by atoms with Crippen molar-refractivity contribution in [2.75, 3.05) is 20.3 Å². The molecule has 0 aliphatic heterocycles. The Labute approximate surface area is 143 Å². The SMILES string of the molecule is CCOP(=O)(OCC)c1cc(OC)ccc1C#Cc1ccccc1. The maximum atomic E-state index is 13.1. The van der Waals surface area contributed by atoms with Crippen molar-refractivity contribution >= 4 is 12.9 Å². The van der Waals surface area contributed by atoms with Gasteiger partial charge in [0.1, 0.15) is 5.75 Å². The predicted octanol–water partition coefficient (Wildman–Crippen LogP) is 3.99. The molecule has 0 aromatic heterocycles. The fraction of sp³-hybridized carbons (Fsp3) is 0.263. The van der Waals surface area contributed by atoms with Crippen molar-refractivity contribution in [2.45, 2.75) is 13.8 Å². The lowest BCUT2D eigenvalue weighted by atomic mass is 10.2. The van der Waals surface area contributed by atoms with Crippen LogP contribution in [0.25, 0.3) is 0 Å². The highest BCUT2D eigenvalue weighted by atomic mass is 31.2. The monoisotopic (exact) mass is 344 g/mol. The molecule has 0 bridgehead atoms. The van der Waals surface area contributed by atoms with Crippen LogP contribution in [-0.2, 0) is 13.6 Å². The highest BCUT2D eigenvalue weighted by molar-refractivity contribution is 7.62. The number of rotatable bonds is 6. The Morgan fingerprint density at radius 1 is 0.958 bits per heavy atom. The van der Waals surface area contributed by atoms with Crippen LogP contribution in [0.2, 0.25) is 0 Å². The van der Waals surface area contributed by atoms with Gasteiger partial charge in [-0.25, -0.2) is 0 Å². The Morgan fingerprint density at radius 3 is 2.21 bits per heavy atom. The minimum atomic E-state index is -3.45. The quantitative estimate of drug-likeness (QED) is 0.587. The van der Waals surface area contributed by atoms with Crippen LogP contribution < -0.4 is 10.0 Å². The largest absolute Gasteiger partial charge is 0.497 e. The molecular formula is C19H21O4P. The smallest absolute Gasteiger partial charge is 0.362 e. The van der Waals surface area contributed by atoms with Gasteiger partial charge < -0.3 is 13.8 Å². The van der Waals surface area contributed by atoms with Crippen LogP contribution in [0.1, 0.15) is 25.0 Å². The van der Waals surface area contributed by atoms with Gasteiger partial charge in [-0.05, 0) is 44.2 Å². The Kier molecular flexibility index (Phi) is 6.63. The fourth-order valence-corrected chi connectivity index (χ4v) is 3.89. The first kappa shape index (κ1) is 18.3. The van der Waals surface area contributed by atoms with Crippen LogP contribution >= 0.6 is 7.60 Å². The first-order valence-corrected chi connectivity index (χ1v) is 9.32. The normalized spacial score (nSPS) is 10.8. The summed E-state index contributed by atoms with van der Waals surface area (Å²) in [6, 6.07) is 14.8. The molecule has 0 spiro atoms. The summed E-state index contributed by atoms with van der Waals surface area (Å²) in [7, 11) is -1.90. The topological polar surface area (TPSA) is 44.8 Å². The lowest BCUT2D eigenvalue weighted by molar-refractivity contribution is 0.230. The Hall–Kier alpha value is -2.05. The van der Waals surface area contributed by atoms with Crippen LogP contribution in [-0.4, -0.2) is 20.3 Å². The van der Waals surface area contributed by atoms with Crippen molar-refractivity contribution in [2.24, 2.45) is 0 Å². The van der Waals surface area contributed by atoms with E-state index in [0.29, 0.717) is 16.6 Å². The number of hydrogen-bond donors (Lipinski definition) is 0. The summed E-state index contributed by atoms with van der Waals surface area (Å²) >= 11 is 0. The van der Waals surface area contributed by atoms with E-state index in [1.165, 1.54) is 0 Å². The molecule has 0 heterocycles. The average Bonchev–Trinajstić information content (AvgIpc) is 2.61. The fourth-order valence-electron chi connectivity index (χ4n) is 2.15. The van der Waals surface area contributed by atoms with Crippen LogP contribution in [0.4, 0.5) is 0 Å². The molecule has 0 saturated carbocycles. The number of benzene rings is 2. The lowest BCUT2D eigenvalue weighted by Crippen LogP contribution is -2.14. The molecule has 126 valence electrons. The molecule has 0 N–H and O–H groups in total. The molecule has 0 radical (unpaired) electrons. The van der Waals surface area contributed by atoms with E-state index in [2.05, 4.69) is 11.8 Å². The van der Waals surface area contributed by atoms with Gasteiger partial charge >= 0.3 is 7.60 Å². The van der Waals surface area contributed by atoms with Gasteiger partial charge in [-0.1, -0.05) is 30.0 Å². The molecular weight excluding hydrogens is 323 g/mol. The van der Waals surface area contributed by atoms with Crippen molar-refractivity contribution in [3.05, 3.63) is 59.7 Å². The summed E-state index contributed by atoms with van der Waals surface area (Å²) in [6.07, 6.45) is 0. The van der Waals surface area contributed by atoms with Crippen LogP contribution in [0.5, 0.6) is 5.75 Å². The molecule has 0 fully saturated rings. The summed E-state index contributed by atoms with van der Waals surface area (Å²) in [6.45, 7) is 4.11. The molecule has 0 amide bonds. The number of methoxy groups -OCH3 is 1. The summed E-state index contributed by atoms with van der Waals surface area (Å²) in [5, 5.41) is 0.425. The molecule has 0 aliphatic rings. The Bertz CT molecular complexity index is 765. The van der Waals surface area contributed by atoms with Gasteiger partial charge in [0.15, 0.2) is 0 Å². The first-order valence-electron chi connectivity index (χ1n) is 7.77. The van der Waals surface area contributed by atoms with Crippen LogP contribution in [0.15, 0.2) is 48.5 Å². The second kappa shape index (κ2) is 8.70. The standard InChI is InChI=1S/C19H21O4P/c1-4-22-24(20,23-5-2)19-15-18(21-3)14-13-17(19)12-11-16-9-7-6-8-10-16/h6-10,13-15H,4-5H2,1-3H3. The minimum Gasteiger partial charge on any atom is -0.497 e. The molecule has 24 heavy (non-hydrogen) atoms. The van der Waals surface area contributed by atoms with Crippen LogP contribution in [0, 0.1) is 11.8 Å². The molecule has 0 atom stereocenters. The van der Waals surface area contributed by atoms with Crippen molar-refractivity contribution in [1.82, 2.24) is 0 Å². The zero-order chi connectivity index (χ0) is 17.4. The second-order valence-corrected chi connectivity index (χ2v) is 6.83. The summed E-state index contributed by atoms with van der Waals surface area (Å²) in [5.74, 6) is 6.72. The molecule has 4 nitrogen and oxygen atoms in total. The maximum absolute atomic E-state index is 13.1. The Morgan fingerprint density at radius 2 is 1.62 bits per heavy atom. The number of hydrogen-bond acceptors (Lipinski definition) is 4. The lowest BCUT2D eigenvalue weighted by Gasteiger charge is -2.19. The van der Waals surface area contributed by atoms with Crippen molar-refractivity contribution in [3.8, 4) is 17.6 Å². The van der Waals surface area contributed by atoms with Crippen molar-refractivity contribution < 1.29 is 18.3 Å². The summed E-state index contributed by atoms with van der Waals surface area (Å²) < 4.78 is 29.3. The van der Waals surface area contributed by atoms with E-state index in [1.807, 2.05) is 30.3 Å². The third-order valence-electron chi connectivity index (χ3n) is 3.21. The molecule has 5 heteroatoms. The molecule has 2 aromatic carbocycles. The van der Waals surface area contributed by atoms with E-state index in [-0.39, 0.29) is 13.2 Å². The van der Waals surface area contributed by atoms with E-state index in [1.54, 1.807) is 39.2 Å². The predicted molar refractivity (Wildman–Crippen MR) is 95.9 cm³/mol. The van der Waals surface area contributed by atoms with Gasteiger partial charge in [0.05, 0.1) is 25.6 Å². The van der Waals surface area contributed by atoms with E-state index in [4.69, 9.17) is 13.8 Å². The zero-order valence-electron chi connectivity index (χ0n) is 14.1. The molecule has 2 aromatic rings. The summed E-state index contributed by atoms with van der Waals surface area (Å²) in [5.41, 5.74) is 1.48. The number of ether oxygens (including phenoxy) is 1. The minimum absolute atomic E-state index is 0.278. The highest BCUT2D eigenvalue weighted by Crippen LogP contribution is 2.48. The van der Waals surface area contributed by atoms with Gasteiger partial charge in [-0.15, -0.1) is 0 Å². The van der Waals surface area contributed by atoms with Gasteiger partial charge in [0.2, 0.25) is 0 Å². The van der Waals surface area contributed by atoms with Crippen molar-refractivity contribution in [3.63, 3.8) is 0 Å². The highest BCUT2D eigenvalue weighted by Gasteiger charge is 2.30. The van der Waals surface area contributed by atoms with Gasteiger partial charge in [-0.2, -0.15) is 0 Å². The second-order valence-electron chi connectivity index (χ2n) is 4.83. The van der Waals surface area contributed by atoms with E-state index in [0.717, 1.165) is 5.56 Å². The average molecular weight is 344 g/mol. The molecule has 0 unspecified atom stereocenters. The maximum Gasteiger partial charge on any atom is 0.362 e. The Balaban J connectivity index is 2.52. The summed E-state index contributed by atoms with van der Waals surface area (Å²) in [4.78, 5) is 0. The van der Waals surface area contributed by atoms with E-state index >= 15 is 0 Å². The molecule has 0 saturated heterocycles. The zero-order valence-corrected chi connectivity index (χ0v) is 15.0. The third kappa shape index (κ3) is 4.49. The van der Waals surface area contributed by atoms with Gasteiger partial charge in [0.25, 0.3) is 0 Å². The van der Waals surface area contributed by atoms with Gasteiger partial charge in [0, 0.05) is 11.1 Å². The van der Waals surface area contributed by atoms with E-state index < -0.39 is 7.60 Å². The third-order valence-corrected chi connectivity index (χ3v) is 5.37. The van der Waals surface area contributed by atoms with Crippen LogP contribution in [0.3, 0.4) is 0 Å². The van der Waals surface area contributed by atoms with Crippen molar-refractivity contribution in [1.29, 1.82) is 0 Å². The van der Waals surface area contributed by atoms with Gasteiger partial charge in [-0.3, -0.25) is 4.57 Å².